The molecule has 0 aromatic rings. The second kappa shape index (κ2) is 17.6. The molecule has 0 amide bonds. The summed E-state index contributed by atoms with van der Waals surface area (Å²) in [5, 5.41) is 28.6. The third-order valence-electron chi connectivity index (χ3n) is 4.89. The number of aliphatic hydroxyl groups is 3. The van der Waals surface area contributed by atoms with E-state index in [1.807, 2.05) is 14.0 Å². The summed E-state index contributed by atoms with van der Waals surface area (Å²) in [4.78, 5) is 0. The van der Waals surface area contributed by atoms with Gasteiger partial charge in [0.05, 0.1) is 20.7 Å². The van der Waals surface area contributed by atoms with Gasteiger partial charge in [0.15, 0.2) is 6.23 Å². The molecule has 2 atom stereocenters. The largest absolute Gasteiger partial charge is 0.726 e. The molecule has 28 heavy (non-hydrogen) atoms. The SMILES string of the molecule is CCCCCCCCCCCC[N+](C)(CC(O)O)C(O)CC.COS(=O)(=O)[O-]. The molecule has 0 aliphatic rings. The van der Waals surface area contributed by atoms with E-state index in [0.717, 1.165) is 20.1 Å². The number of likely N-dealkylation sites (N-methyl/N-ethyl adjacent to an activating group) is 1. The maximum atomic E-state index is 10.1. The number of quaternary nitrogens is 1. The summed E-state index contributed by atoms with van der Waals surface area (Å²) >= 11 is 0. The molecule has 0 rings (SSSR count). The van der Waals surface area contributed by atoms with E-state index in [9.17, 15) is 28.3 Å². The third kappa shape index (κ3) is 19.0. The lowest BCUT2D eigenvalue weighted by Gasteiger charge is -2.38. The van der Waals surface area contributed by atoms with Gasteiger partial charge in [0.2, 0.25) is 16.7 Å². The van der Waals surface area contributed by atoms with E-state index < -0.39 is 22.9 Å². The molecule has 0 bridgehead atoms. The van der Waals surface area contributed by atoms with Crippen LogP contribution in [0.25, 0.3) is 0 Å². The van der Waals surface area contributed by atoms with Crippen molar-refractivity contribution < 1.29 is 37.0 Å². The molecule has 0 spiro atoms. The summed E-state index contributed by atoms with van der Waals surface area (Å²) < 4.78 is 31.4. The van der Waals surface area contributed by atoms with Crippen LogP contribution < -0.4 is 0 Å². The van der Waals surface area contributed by atoms with Crippen LogP contribution in [0.4, 0.5) is 0 Å². The Bertz CT molecular complexity index is 446. The molecule has 0 aliphatic carbocycles. The molecule has 3 N–H and O–H groups in total. The highest BCUT2D eigenvalue weighted by Crippen LogP contribution is 2.16. The van der Waals surface area contributed by atoms with Gasteiger partial charge in [-0.25, -0.2) is 8.42 Å². The normalized spacial score (nSPS) is 15.0. The fourth-order valence-corrected chi connectivity index (χ4v) is 3.14. The van der Waals surface area contributed by atoms with E-state index in [0.29, 0.717) is 10.9 Å². The molecule has 0 fully saturated rings. The molecule has 0 saturated heterocycles. The van der Waals surface area contributed by atoms with Crippen molar-refractivity contribution in [1.82, 2.24) is 0 Å². The van der Waals surface area contributed by atoms with Crippen LogP contribution in [-0.4, -0.2) is 72.5 Å². The molecule has 8 nitrogen and oxygen atoms in total. The monoisotopic (exact) mass is 429 g/mol. The van der Waals surface area contributed by atoms with Crippen LogP contribution in [-0.2, 0) is 14.6 Å². The molecule has 0 radical (unpaired) electrons. The van der Waals surface area contributed by atoms with Crippen LogP contribution in [0.2, 0.25) is 0 Å². The van der Waals surface area contributed by atoms with Gasteiger partial charge in [-0.2, -0.15) is 0 Å². The van der Waals surface area contributed by atoms with Crippen molar-refractivity contribution in [3.8, 4) is 0 Å². The second-order valence-corrected chi connectivity index (χ2v) is 8.66. The lowest BCUT2D eigenvalue weighted by atomic mass is 10.1. The van der Waals surface area contributed by atoms with E-state index in [1.54, 1.807) is 0 Å². The van der Waals surface area contributed by atoms with Gasteiger partial charge in [-0.05, 0) is 12.8 Å². The van der Waals surface area contributed by atoms with Gasteiger partial charge < -0.3 is 19.9 Å². The Morgan fingerprint density at radius 2 is 1.29 bits per heavy atom. The fraction of sp³-hybridized carbons (Fsp3) is 1.00. The highest BCUT2D eigenvalue weighted by Gasteiger charge is 2.31. The molecule has 0 saturated carbocycles. The summed E-state index contributed by atoms with van der Waals surface area (Å²) in [5.74, 6) is 0. The van der Waals surface area contributed by atoms with Crippen LogP contribution in [0.3, 0.4) is 0 Å². The lowest BCUT2D eigenvalue weighted by Crippen LogP contribution is -2.56. The molecule has 172 valence electrons. The van der Waals surface area contributed by atoms with Crippen molar-refractivity contribution in [3.63, 3.8) is 0 Å². The second-order valence-electron chi connectivity index (χ2n) is 7.51. The predicted molar refractivity (Wildman–Crippen MR) is 109 cm³/mol. The number of rotatable bonds is 16. The minimum absolute atomic E-state index is 0.201. The van der Waals surface area contributed by atoms with Gasteiger partial charge in [0.25, 0.3) is 0 Å². The zero-order valence-electron chi connectivity index (χ0n) is 18.2. The first kappa shape index (κ1) is 29.9. The standard InChI is InChI=1S/C18H40NO3.CH4O4S/c1-4-6-7-8-9-10-11-12-13-14-15-19(3,16-18(21)22)17(20)5-2;1-5-6(2,3)4/h17-18,20-22H,4-16H2,1-3H3;1H3,(H,2,3,4)/q+1;/p-1. The Morgan fingerprint density at radius 1 is 0.893 bits per heavy atom. The molecular weight excluding hydrogens is 386 g/mol. The smallest absolute Gasteiger partial charge is 0.217 e. The summed E-state index contributed by atoms with van der Waals surface area (Å²) in [6, 6.07) is 0. The number of nitrogens with zero attached hydrogens (tertiary/aromatic N) is 1. The zero-order valence-corrected chi connectivity index (χ0v) is 19.0. The van der Waals surface area contributed by atoms with E-state index in [4.69, 9.17) is 0 Å². The molecular formula is C19H43NO7S. The zero-order chi connectivity index (χ0) is 22.1. The average Bonchev–Trinajstić information content (AvgIpc) is 2.61. The molecule has 9 heteroatoms. The van der Waals surface area contributed by atoms with Crippen LogP contribution >= 0.6 is 0 Å². The van der Waals surface area contributed by atoms with Crippen molar-refractivity contribution in [2.45, 2.75) is 97.0 Å². The van der Waals surface area contributed by atoms with Crippen molar-refractivity contribution in [3.05, 3.63) is 0 Å². The maximum absolute atomic E-state index is 10.1. The molecule has 0 aromatic heterocycles. The van der Waals surface area contributed by atoms with Crippen LogP contribution in [0, 0.1) is 0 Å². The molecule has 2 unspecified atom stereocenters. The first-order chi connectivity index (χ1) is 13.0. The van der Waals surface area contributed by atoms with Crippen molar-refractivity contribution in [1.29, 1.82) is 0 Å². The summed E-state index contributed by atoms with van der Waals surface area (Å²) in [6.07, 6.45) is 11.7. The van der Waals surface area contributed by atoms with Crippen LogP contribution in [0.1, 0.15) is 84.5 Å². The summed E-state index contributed by atoms with van der Waals surface area (Å²) in [7, 11) is -1.69. The van der Waals surface area contributed by atoms with Crippen LogP contribution in [0.15, 0.2) is 0 Å². The molecule has 0 aliphatic heterocycles. The number of aliphatic hydroxyl groups excluding tert-OH is 2. The van der Waals surface area contributed by atoms with Gasteiger partial charge in [-0.1, -0.05) is 65.2 Å². The van der Waals surface area contributed by atoms with Gasteiger partial charge in [0, 0.05) is 6.42 Å². The number of hydrogen-bond acceptors (Lipinski definition) is 7. The van der Waals surface area contributed by atoms with Crippen molar-refractivity contribution in [2.24, 2.45) is 0 Å². The van der Waals surface area contributed by atoms with Gasteiger partial charge >= 0.3 is 0 Å². The van der Waals surface area contributed by atoms with E-state index in [1.165, 1.54) is 57.8 Å². The fourth-order valence-electron chi connectivity index (χ4n) is 3.14. The Kier molecular flexibility index (Phi) is 18.8. The molecule has 0 heterocycles. The third-order valence-corrected chi connectivity index (χ3v) is 5.30. The Hall–Kier alpha value is -0.290. The van der Waals surface area contributed by atoms with Crippen molar-refractivity contribution in [2.75, 3.05) is 27.2 Å². The van der Waals surface area contributed by atoms with Crippen LogP contribution in [0.5, 0.6) is 0 Å². The van der Waals surface area contributed by atoms with Gasteiger partial charge in [-0.15, -0.1) is 0 Å². The minimum atomic E-state index is -4.41. The van der Waals surface area contributed by atoms with Crippen molar-refractivity contribution >= 4 is 10.4 Å². The van der Waals surface area contributed by atoms with E-state index in [-0.39, 0.29) is 6.54 Å². The Labute approximate surface area is 172 Å². The predicted octanol–water partition coefficient (Wildman–Crippen LogP) is 2.49. The maximum Gasteiger partial charge on any atom is 0.217 e. The minimum Gasteiger partial charge on any atom is -0.726 e. The highest BCUT2D eigenvalue weighted by atomic mass is 32.3. The van der Waals surface area contributed by atoms with Gasteiger partial charge in [0.1, 0.15) is 6.54 Å². The first-order valence-corrected chi connectivity index (χ1v) is 11.8. The number of unbranched alkanes of at least 4 members (excludes halogenated alkanes) is 9. The quantitative estimate of drug-likeness (QED) is 0.113. The average molecular weight is 430 g/mol. The highest BCUT2D eigenvalue weighted by molar-refractivity contribution is 7.80. The first-order valence-electron chi connectivity index (χ1n) is 10.4. The topological polar surface area (TPSA) is 127 Å². The lowest BCUT2D eigenvalue weighted by molar-refractivity contribution is -0.959. The van der Waals surface area contributed by atoms with E-state index >= 15 is 0 Å². The Balaban J connectivity index is 0. The number of hydrogen-bond donors (Lipinski definition) is 3. The summed E-state index contributed by atoms with van der Waals surface area (Å²) in [6.45, 7) is 5.19. The Morgan fingerprint density at radius 3 is 1.61 bits per heavy atom. The van der Waals surface area contributed by atoms with E-state index in [2.05, 4.69) is 11.1 Å². The summed E-state index contributed by atoms with van der Waals surface area (Å²) in [5.41, 5.74) is 0. The van der Waals surface area contributed by atoms with Gasteiger partial charge in [-0.3, -0.25) is 8.67 Å². The molecule has 0 aromatic carbocycles.